The first-order valence-corrected chi connectivity index (χ1v) is 9.32. The average Bonchev–Trinajstić information content (AvgIpc) is 2.65. The zero-order valence-electron chi connectivity index (χ0n) is 15.2. The number of nitrogens with zero attached hydrogens (tertiary/aromatic N) is 3. The molecule has 0 spiro atoms. The van der Waals surface area contributed by atoms with Crippen molar-refractivity contribution in [1.82, 2.24) is 14.8 Å². The molecule has 0 aromatic carbocycles. The van der Waals surface area contributed by atoms with Crippen LogP contribution in [-0.2, 0) is 20.8 Å². The lowest BCUT2D eigenvalue weighted by Gasteiger charge is -2.34. The van der Waals surface area contributed by atoms with Crippen LogP contribution in [0.5, 0.6) is 0 Å². The van der Waals surface area contributed by atoms with Crippen LogP contribution in [0.1, 0.15) is 30.5 Å². The van der Waals surface area contributed by atoms with E-state index in [1.165, 1.54) is 12.0 Å². The van der Waals surface area contributed by atoms with Crippen molar-refractivity contribution in [2.24, 2.45) is 0 Å². The second-order valence-electron chi connectivity index (χ2n) is 6.93. The van der Waals surface area contributed by atoms with E-state index >= 15 is 0 Å². The molecule has 2 fully saturated rings. The molecule has 3 rings (SSSR count). The summed E-state index contributed by atoms with van der Waals surface area (Å²) in [6.07, 6.45) is 5.38. The van der Waals surface area contributed by atoms with Gasteiger partial charge in [0, 0.05) is 45.5 Å². The Balaban J connectivity index is 1.35. The normalized spacial score (nSPS) is 22.1. The van der Waals surface area contributed by atoms with E-state index in [9.17, 15) is 4.79 Å². The lowest BCUT2D eigenvalue weighted by Crippen LogP contribution is -2.49. The van der Waals surface area contributed by atoms with Gasteiger partial charge < -0.3 is 14.4 Å². The number of carbonyl (C=O) groups excluding carboxylic acids is 1. The average molecular weight is 347 g/mol. The summed E-state index contributed by atoms with van der Waals surface area (Å²) in [5, 5.41) is 0. The summed E-state index contributed by atoms with van der Waals surface area (Å²) in [6, 6.07) is 4.06. The van der Waals surface area contributed by atoms with Crippen molar-refractivity contribution in [3.05, 3.63) is 29.6 Å². The topological polar surface area (TPSA) is 54.9 Å². The standard InChI is InChI=1S/C19H29N3O3/c1-16-5-4-7-20-18(16)13-21-8-10-22(11-9-21)19(23)15-24-14-17-6-2-3-12-25-17/h4-5,7,17H,2-3,6,8-15H2,1H3/t17-/m1/s1. The van der Waals surface area contributed by atoms with Gasteiger partial charge in [0.1, 0.15) is 6.61 Å². The molecular weight excluding hydrogens is 318 g/mol. The second-order valence-corrected chi connectivity index (χ2v) is 6.93. The lowest BCUT2D eigenvalue weighted by atomic mass is 10.1. The highest BCUT2D eigenvalue weighted by Crippen LogP contribution is 2.13. The monoisotopic (exact) mass is 347 g/mol. The summed E-state index contributed by atoms with van der Waals surface area (Å²) < 4.78 is 11.2. The summed E-state index contributed by atoms with van der Waals surface area (Å²) in [4.78, 5) is 21.0. The Kier molecular flexibility index (Phi) is 6.78. The molecule has 0 saturated carbocycles. The molecule has 1 aromatic heterocycles. The van der Waals surface area contributed by atoms with Gasteiger partial charge in [-0.1, -0.05) is 6.07 Å². The molecule has 0 radical (unpaired) electrons. The molecule has 2 aliphatic heterocycles. The number of rotatable bonds is 6. The molecule has 1 amide bonds. The number of pyridine rings is 1. The van der Waals surface area contributed by atoms with Gasteiger partial charge in [-0.2, -0.15) is 0 Å². The molecule has 25 heavy (non-hydrogen) atoms. The maximum atomic E-state index is 12.3. The molecule has 138 valence electrons. The van der Waals surface area contributed by atoms with Gasteiger partial charge in [-0.3, -0.25) is 14.7 Å². The molecule has 6 heteroatoms. The molecular formula is C19H29N3O3. The number of piperazine rings is 1. The fraction of sp³-hybridized carbons (Fsp3) is 0.684. The van der Waals surface area contributed by atoms with Gasteiger partial charge in [0.25, 0.3) is 0 Å². The Morgan fingerprint density at radius 3 is 2.88 bits per heavy atom. The highest BCUT2D eigenvalue weighted by atomic mass is 16.5. The van der Waals surface area contributed by atoms with E-state index in [0.29, 0.717) is 6.61 Å². The van der Waals surface area contributed by atoms with Crippen LogP contribution in [0, 0.1) is 6.92 Å². The van der Waals surface area contributed by atoms with Crippen LogP contribution in [0.3, 0.4) is 0 Å². The molecule has 1 aromatic rings. The van der Waals surface area contributed by atoms with Crippen LogP contribution in [0.2, 0.25) is 0 Å². The van der Waals surface area contributed by atoms with Gasteiger partial charge in [-0.15, -0.1) is 0 Å². The minimum absolute atomic E-state index is 0.0875. The zero-order chi connectivity index (χ0) is 17.5. The molecule has 1 atom stereocenters. The summed E-state index contributed by atoms with van der Waals surface area (Å²) >= 11 is 0. The van der Waals surface area contributed by atoms with Gasteiger partial charge in [0.15, 0.2) is 0 Å². The van der Waals surface area contributed by atoms with E-state index in [-0.39, 0.29) is 18.6 Å². The van der Waals surface area contributed by atoms with Crippen LogP contribution in [0.4, 0.5) is 0 Å². The number of hydrogen-bond donors (Lipinski definition) is 0. The Morgan fingerprint density at radius 1 is 1.32 bits per heavy atom. The number of amides is 1. The number of carbonyl (C=O) groups is 1. The minimum Gasteiger partial charge on any atom is -0.376 e. The van der Waals surface area contributed by atoms with Crippen molar-refractivity contribution < 1.29 is 14.3 Å². The van der Waals surface area contributed by atoms with Crippen molar-refractivity contribution >= 4 is 5.91 Å². The highest BCUT2D eigenvalue weighted by molar-refractivity contribution is 5.77. The smallest absolute Gasteiger partial charge is 0.248 e. The predicted molar refractivity (Wildman–Crippen MR) is 95.2 cm³/mol. The third kappa shape index (κ3) is 5.49. The quantitative estimate of drug-likeness (QED) is 0.783. The molecule has 2 aliphatic rings. The van der Waals surface area contributed by atoms with Crippen molar-refractivity contribution in [1.29, 1.82) is 0 Å². The first-order valence-electron chi connectivity index (χ1n) is 9.32. The van der Waals surface area contributed by atoms with Crippen molar-refractivity contribution in [2.45, 2.75) is 38.8 Å². The predicted octanol–water partition coefficient (Wildman–Crippen LogP) is 1.62. The van der Waals surface area contributed by atoms with Gasteiger partial charge >= 0.3 is 0 Å². The van der Waals surface area contributed by atoms with E-state index in [1.54, 1.807) is 0 Å². The van der Waals surface area contributed by atoms with E-state index in [2.05, 4.69) is 22.9 Å². The van der Waals surface area contributed by atoms with Gasteiger partial charge in [0.05, 0.1) is 18.4 Å². The van der Waals surface area contributed by atoms with Crippen LogP contribution in [0.25, 0.3) is 0 Å². The molecule has 0 unspecified atom stereocenters. The second kappa shape index (κ2) is 9.27. The minimum atomic E-state index is 0.0875. The van der Waals surface area contributed by atoms with Crippen molar-refractivity contribution in [2.75, 3.05) is 46.0 Å². The molecule has 2 saturated heterocycles. The summed E-state index contributed by atoms with van der Waals surface area (Å²) in [7, 11) is 0. The van der Waals surface area contributed by atoms with Crippen LogP contribution in [0.15, 0.2) is 18.3 Å². The molecule has 0 bridgehead atoms. The largest absolute Gasteiger partial charge is 0.376 e. The number of hydrogen-bond acceptors (Lipinski definition) is 5. The zero-order valence-corrected chi connectivity index (χ0v) is 15.2. The lowest BCUT2D eigenvalue weighted by molar-refractivity contribution is -0.140. The SMILES string of the molecule is Cc1cccnc1CN1CCN(C(=O)COC[C@H]2CCCCO2)CC1. The van der Waals surface area contributed by atoms with Crippen LogP contribution in [-0.4, -0.2) is 72.8 Å². The molecule has 3 heterocycles. The van der Waals surface area contributed by atoms with Gasteiger partial charge in [-0.05, 0) is 37.8 Å². The van der Waals surface area contributed by atoms with Crippen LogP contribution < -0.4 is 0 Å². The van der Waals surface area contributed by atoms with Crippen molar-refractivity contribution in [3.63, 3.8) is 0 Å². The Hall–Kier alpha value is -1.50. The number of aromatic nitrogens is 1. The number of aryl methyl sites for hydroxylation is 1. The van der Waals surface area contributed by atoms with Gasteiger partial charge in [0.2, 0.25) is 5.91 Å². The molecule has 0 aliphatic carbocycles. The Bertz CT molecular complexity index is 553. The van der Waals surface area contributed by atoms with E-state index in [0.717, 1.165) is 57.9 Å². The summed E-state index contributed by atoms with van der Waals surface area (Å²) in [6.45, 7) is 7.74. The maximum Gasteiger partial charge on any atom is 0.248 e. The van der Waals surface area contributed by atoms with E-state index in [4.69, 9.17) is 9.47 Å². The Labute approximate surface area is 150 Å². The van der Waals surface area contributed by atoms with E-state index in [1.807, 2.05) is 17.2 Å². The summed E-state index contributed by atoms with van der Waals surface area (Å²) in [5.74, 6) is 0.0875. The van der Waals surface area contributed by atoms with E-state index < -0.39 is 0 Å². The first-order chi connectivity index (χ1) is 12.2. The summed E-state index contributed by atoms with van der Waals surface area (Å²) in [5.41, 5.74) is 2.34. The Morgan fingerprint density at radius 2 is 2.16 bits per heavy atom. The number of ether oxygens (including phenoxy) is 2. The fourth-order valence-corrected chi connectivity index (χ4v) is 3.36. The third-order valence-corrected chi connectivity index (χ3v) is 5.02. The highest BCUT2D eigenvalue weighted by Gasteiger charge is 2.22. The maximum absolute atomic E-state index is 12.3. The van der Waals surface area contributed by atoms with Gasteiger partial charge in [-0.25, -0.2) is 0 Å². The third-order valence-electron chi connectivity index (χ3n) is 5.02. The molecule has 6 nitrogen and oxygen atoms in total. The fourth-order valence-electron chi connectivity index (χ4n) is 3.36. The molecule has 0 N–H and O–H groups in total. The van der Waals surface area contributed by atoms with Crippen molar-refractivity contribution in [3.8, 4) is 0 Å². The first kappa shape index (κ1) is 18.3. The van der Waals surface area contributed by atoms with Crippen LogP contribution >= 0.6 is 0 Å².